The van der Waals surface area contributed by atoms with Crippen LogP contribution in [0.2, 0.25) is 0 Å². The molecule has 0 unspecified atom stereocenters. The predicted octanol–water partition coefficient (Wildman–Crippen LogP) is 22.2. The Bertz CT molecular complexity index is 5530. The first-order valence-electron chi connectivity index (χ1n) is 31.3. The largest absolute Gasteiger partial charge is 0.416 e. The molecule has 452 valence electrons. The van der Waals surface area contributed by atoms with Crippen LogP contribution in [0, 0.1) is 89.4 Å². The van der Waals surface area contributed by atoms with E-state index in [0.717, 1.165) is 110 Å². The molecule has 0 N–H and O–H groups in total. The zero-order valence-corrected chi connectivity index (χ0v) is 53.0. The van der Waals surface area contributed by atoms with Crippen molar-refractivity contribution in [3.63, 3.8) is 0 Å². The fourth-order valence-electron chi connectivity index (χ4n) is 14.3. The summed E-state index contributed by atoms with van der Waals surface area (Å²) in [6, 6.07) is 79.1. The van der Waals surface area contributed by atoms with Gasteiger partial charge in [-0.1, -0.05) is 117 Å². The van der Waals surface area contributed by atoms with E-state index in [9.17, 15) is 15.8 Å². The Hall–Kier alpha value is -11.9. The molecule has 16 rings (SSSR count). The summed E-state index contributed by atoms with van der Waals surface area (Å²) in [5.74, 6) is 0. The summed E-state index contributed by atoms with van der Waals surface area (Å²) < 4.78 is 53.8. The van der Waals surface area contributed by atoms with Gasteiger partial charge in [-0.2, -0.15) is 29.0 Å². The number of aromatic nitrogens is 4. The summed E-state index contributed by atoms with van der Waals surface area (Å²) in [7, 11) is 0. The van der Waals surface area contributed by atoms with E-state index in [1.165, 1.54) is 55.9 Å². The van der Waals surface area contributed by atoms with Crippen LogP contribution in [0.4, 0.5) is 13.2 Å². The number of aryl methyl sites for hydroxylation is 8. The van der Waals surface area contributed by atoms with Crippen molar-refractivity contribution in [1.82, 2.24) is 18.3 Å². The van der Waals surface area contributed by atoms with E-state index in [1.807, 2.05) is 122 Å². The van der Waals surface area contributed by atoms with Crippen LogP contribution in [0.3, 0.4) is 0 Å². The molecule has 0 aliphatic rings. The van der Waals surface area contributed by atoms with E-state index in [4.69, 9.17) is 0 Å². The fourth-order valence-corrected chi connectivity index (χ4v) is 14.3. The molecular weight excluding hydrogens is 1160 g/mol. The van der Waals surface area contributed by atoms with Crippen molar-refractivity contribution < 1.29 is 13.2 Å². The minimum absolute atomic E-state index is 0.386. The molecule has 0 saturated carbocycles. The molecule has 0 aliphatic carbocycles. The molecule has 0 saturated heterocycles. The Kier molecular flexibility index (Phi) is 13.8. The molecule has 0 fully saturated rings. The zero-order chi connectivity index (χ0) is 65.2. The molecule has 0 bridgehead atoms. The highest BCUT2D eigenvalue weighted by Crippen LogP contribution is 2.48. The van der Waals surface area contributed by atoms with Crippen LogP contribution in [0.25, 0.3) is 132 Å². The quantitative estimate of drug-likeness (QED) is 0.166. The second-order valence-electron chi connectivity index (χ2n) is 25.3. The van der Waals surface area contributed by atoms with Crippen LogP contribution in [0.5, 0.6) is 0 Å². The Balaban J connectivity index is 0.000000155. The molecule has 4 aromatic heterocycles. The topological polar surface area (TPSA) is 91.1 Å². The number of halogens is 3. The lowest BCUT2D eigenvalue weighted by Crippen LogP contribution is -2.11. The van der Waals surface area contributed by atoms with Crippen molar-refractivity contribution in [1.29, 1.82) is 15.8 Å². The van der Waals surface area contributed by atoms with E-state index in [2.05, 4.69) is 158 Å². The molecule has 16 aromatic rings. The molecule has 0 spiro atoms. The van der Waals surface area contributed by atoms with Crippen LogP contribution in [0.1, 0.15) is 66.8 Å². The highest BCUT2D eigenvalue weighted by molar-refractivity contribution is 6.15. The Morgan fingerprint density at radius 3 is 0.702 bits per heavy atom. The number of benzene rings is 12. The summed E-state index contributed by atoms with van der Waals surface area (Å²) >= 11 is 0. The highest BCUT2D eigenvalue weighted by Gasteiger charge is 2.35. The standard InChI is InChI=1S/C42H30F3N3.C42H30N4/c1-24-8-12-35-31(16-24)32-17-25(2)9-13-36(32)47(35)39-21-30(42(43,44)45)22-40(41(39)29-7-5-6-28(20-29)23-46)48-37-14-10-26(3)18-33(37)34-19-27(4)11-15-38(34)48;1-25-8-12-36-32(16-25)33-17-26(2)9-13-37(33)45(36)40-21-30(24-44)22-41(42(40)31-7-5-6-29(20-31)23-43)46-38-14-10-27(3)18-34(38)35-19-28(4)11-15-39(35)46/h5-22H,1-4H3;5-22H,1-4H3. The minimum atomic E-state index is -4.63. The van der Waals surface area contributed by atoms with Gasteiger partial charge in [0.05, 0.1) is 107 Å². The second-order valence-corrected chi connectivity index (χ2v) is 25.3. The van der Waals surface area contributed by atoms with Crippen molar-refractivity contribution >= 4 is 87.2 Å². The average molecular weight is 1220 g/mol. The molecule has 4 heterocycles. The number of fused-ring (bicyclic) bond motifs is 12. The number of rotatable bonds is 6. The van der Waals surface area contributed by atoms with E-state index >= 15 is 13.2 Å². The van der Waals surface area contributed by atoms with Crippen molar-refractivity contribution in [2.45, 2.75) is 61.6 Å². The maximum atomic E-state index is 15.1. The summed E-state index contributed by atoms with van der Waals surface area (Å²) in [6.45, 7) is 16.6. The van der Waals surface area contributed by atoms with Crippen molar-refractivity contribution in [2.24, 2.45) is 0 Å². The molecule has 94 heavy (non-hydrogen) atoms. The number of nitriles is 3. The van der Waals surface area contributed by atoms with Crippen molar-refractivity contribution in [3.8, 4) is 63.2 Å². The highest BCUT2D eigenvalue weighted by atomic mass is 19.4. The van der Waals surface area contributed by atoms with Crippen LogP contribution >= 0.6 is 0 Å². The van der Waals surface area contributed by atoms with Crippen LogP contribution < -0.4 is 0 Å². The molecule has 0 amide bonds. The maximum Gasteiger partial charge on any atom is 0.416 e. The summed E-state index contributed by atoms with van der Waals surface area (Å²) in [5, 5.41) is 38.9. The van der Waals surface area contributed by atoms with Gasteiger partial charge in [0.15, 0.2) is 0 Å². The Labute approximate surface area is 541 Å². The molecular formula is C84H60F3N7. The number of hydrogen-bond acceptors (Lipinski definition) is 3. The lowest BCUT2D eigenvalue weighted by molar-refractivity contribution is -0.137. The van der Waals surface area contributed by atoms with Gasteiger partial charge in [0.25, 0.3) is 0 Å². The fraction of sp³-hybridized carbons (Fsp3) is 0.107. The predicted molar refractivity (Wildman–Crippen MR) is 378 cm³/mol. The third kappa shape index (κ3) is 9.63. The van der Waals surface area contributed by atoms with Gasteiger partial charge in [0.2, 0.25) is 0 Å². The first-order valence-corrected chi connectivity index (χ1v) is 31.3. The van der Waals surface area contributed by atoms with Gasteiger partial charge in [-0.25, -0.2) is 0 Å². The molecule has 0 atom stereocenters. The molecule has 0 radical (unpaired) electrons. The van der Waals surface area contributed by atoms with Gasteiger partial charge in [0.1, 0.15) is 0 Å². The third-order valence-corrected chi connectivity index (χ3v) is 18.5. The van der Waals surface area contributed by atoms with E-state index in [-0.39, 0.29) is 0 Å². The molecule has 0 aliphatic heterocycles. The first-order chi connectivity index (χ1) is 45.3. The SMILES string of the molecule is Cc1ccc2c(c1)c1cc(C)ccc1n2-c1cc(C#N)cc(-n2c3ccc(C)cc3c3cc(C)ccc32)c1-c1cccc(C#N)c1.Cc1ccc2c(c1)c1cc(C)ccc1n2-c1cc(C(F)(F)F)cc(-n2c3ccc(C)cc3c3cc(C)ccc32)c1-c1cccc(C#N)c1. The monoisotopic (exact) mass is 1220 g/mol. The van der Waals surface area contributed by atoms with Crippen molar-refractivity contribution in [3.05, 3.63) is 285 Å². The summed E-state index contributed by atoms with van der Waals surface area (Å²) in [4.78, 5) is 0. The number of hydrogen-bond donors (Lipinski definition) is 0. The number of alkyl halides is 3. The smallest absolute Gasteiger partial charge is 0.309 e. The average Bonchev–Trinajstić information content (AvgIpc) is 1.52. The van der Waals surface area contributed by atoms with Gasteiger partial charge < -0.3 is 18.3 Å². The van der Waals surface area contributed by atoms with Gasteiger partial charge in [-0.3, -0.25) is 0 Å². The van der Waals surface area contributed by atoms with Crippen LogP contribution in [-0.2, 0) is 6.18 Å². The molecule has 7 nitrogen and oxygen atoms in total. The van der Waals surface area contributed by atoms with Crippen molar-refractivity contribution in [2.75, 3.05) is 0 Å². The van der Waals surface area contributed by atoms with Gasteiger partial charge in [-0.05, 0) is 212 Å². The lowest BCUT2D eigenvalue weighted by atomic mass is 9.96. The van der Waals surface area contributed by atoms with E-state index < -0.39 is 11.7 Å². The second kappa shape index (κ2) is 22.2. The number of nitrogens with zero attached hydrogens (tertiary/aromatic N) is 7. The third-order valence-electron chi connectivity index (χ3n) is 18.5. The lowest BCUT2D eigenvalue weighted by Gasteiger charge is -2.23. The normalized spacial score (nSPS) is 11.7. The van der Waals surface area contributed by atoms with Crippen LogP contribution in [-0.4, -0.2) is 18.3 Å². The Morgan fingerprint density at radius 1 is 0.266 bits per heavy atom. The van der Waals surface area contributed by atoms with Gasteiger partial charge in [0, 0.05) is 54.2 Å². The maximum absolute atomic E-state index is 15.1. The van der Waals surface area contributed by atoms with Gasteiger partial charge in [-0.15, -0.1) is 0 Å². The Morgan fingerprint density at radius 2 is 0.489 bits per heavy atom. The summed E-state index contributed by atoms with van der Waals surface area (Å²) in [6.07, 6.45) is -4.63. The molecule has 10 heteroatoms. The summed E-state index contributed by atoms with van der Waals surface area (Å²) in [5.41, 5.74) is 23.0. The molecule has 12 aromatic carbocycles. The minimum Gasteiger partial charge on any atom is -0.309 e. The zero-order valence-electron chi connectivity index (χ0n) is 53.0. The van der Waals surface area contributed by atoms with E-state index in [1.54, 1.807) is 18.2 Å². The van der Waals surface area contributed by atoms with E-state index in [0.29, 0.717) is 39.2 Å². The first kappa shape index (κ1) is 58.5. The van der Waals surface area contributed by atoms with Gasteiger partial charge >= 0.3 is 6.18 Å². The van der Waals surface area contributed by atoms with Crippen LogP contribution in [0.15, 0.2) is 218 Å².